The molecule has 1 N–H and O–H groups in total. The van der Waals surface area contributed by atoms with Gasteiger partial charge in [-0.25, -0.2) is 9.59 Å². The molecule has 0 aromatic heterocycles. The number of hydrogen-bond acceptors (Lipinski definition) is 4. The Hall–Kier alpha value is -1.75. The number of carbonyl (C=O) groups excluding carboxylic acids is 2. The first-order valence-electron chi connectivity index (χ1n) is 7.32. The molecule has 1 amide bonds. The summed E-state index contributed by atoms with van der Waals surface area (Å²) in [4.78, 5) is 23.4. The highest BCUT2D eigenvalue weighted by molar-refractivity contribution is 5.81. The van der Waals surface area contributed by atoms with Gasteiger partial charge in [0.1, 0.15) is 11.6 Å². The third-order valence-corrected chi connectivity index (χ3v) is 2.60. The van der Waals surface area contributed by atoms with Crippen molar-refractivity contribution in [2.75, 3.05) is 0 Å². The van der Waals surface area contributed by atoms with Gasteiger partial charge in [0, 0.05) is 6.42 Å². The SMILES string of the molecule is CC(C)OC(=O)C(CC(F)(F)C(F)(F)C(F)(F)F)NC(=O)OC(C)(C)C. The summed E-state index contributed by atoms with van der Waals surface area (Å²) in [6.07, 6.45) is -11.3. The van der Waals surface area contributed by atoms with Crippen LogP contribution in [0.3, 0.4) is 0 Å². The standard InChI is InChI=1S/C14H20F7NO4/c1-7(2)25-9(23)8(22-10(24)26-11(3,4)5)6-12(15,16)13(17,18)14(19,20)21/h7-8H,6H2,1-5H3,(H,22,24). The number of alkyl halides is 7. The molecule has 0 aliphatic heterocycles. The van der Waals surface area contributed by atoms with Crippen LogP contribution in [0.4, 0.5) is 35.5 Å². The van der Waals surface area contributed by atoms with Crippen LogP contribution in [-0.4, -0.2) is 47.8 Å². The number of carbonyl (C=O) groups is 2. The second-order valence-electron chi connectivity index (χ2n) is 6.67. The van der Waals surface area contributed by atoms with Crippen molar-refractivity contribution in [3.05, 3.63) is 0 Å². The van der Waals surface area contributed by atoms with Crippen molar-refractivity contribution in [2.24, 2.45) is 0 Å². The molecule has 0 spiro atoms. The van der Waals surface area contributed by atoms with Crippen molar-refractivity contribution in [1.29, 1.82) is 0 Å². The van der Waals surface area contributed by atoms with Gasteiger partial charge in [0.05, 0.1) is 6.10 Å². The monoisotopic (exact) mass is 399 g/mol. The first-order chi connectivity index (χ1) is 11.3. The van der Waals surface area contributed by atoms with E-state index in [1.807, 2.05) is 0 Å². The van der Waals surface area contributed by atoms with E-state index in [0.29, 0.717) is 0 Å². The molecule has 0 heterocycles. The van der Waals surface area contributed by atoms with E-state index in [1.165, 1.54) is 34.6 Å². The molecule has 0 rings (SSSR count). The number of ether oxygens (including phenoxy) is 2. The summed E-state index contributed by atoms with van der Waals surface area (Å²) in [5.41, 5.74) is -1.14. The zero-order valence-corrected chi connectivity index (χ0v) is 14.6. The molecule has 0 aromatic carbocycles. The summed E-state index contributed by atoms with van der Waals surface area (Å²) in [6, 6.07) is -2.49. The minimum atomic E-state index is -6.56. The van der Waals surface area contributed by atoms with E-state index in [0.717, 1.165) is 0 Å². The Morgan fingerprint density at radius 2 is 1.42 bits per heavy atom. The Morgan fingerprint density at radius 1 is 0.962 bits per heavy atom. The van der Waals surface area contributed by atoms with Gasteiger partial charge in [-0.3, -0.25) is 0 Å². The zero-order valence-electron chi connectivity index (χ0n) is 14.6. The molecule has 1 atom stereocenters. The van der Waals surface area contributed by atoms with Gasteiger partial charge in [-0.2, -0.15) is 30.7 Å². The summed E-state index contributed by atoms with van der Waals surface area (Å²) < 4.78 is 99.0. The smallest absolute Gasteiger partial charge is 0.459 e. The van der Waals surface area contributed by atoms with E-state index in [9.17, 15) is 40.3 Å². The Morgan fingerprint density at radius 3 is 1.77 bits per heavy atom. The highest BCUT2D eigenvalue weighted by Crippen LogP contribution is 2.48. The quantitative estimate of drug-likeness (QED) is 0.541. The Labute approximate surface area is 145 Å². The van der Waals surface area contributed by atoms with Gasteiger partial charge in [0.2, 0.25) is 0 Å². The topological polar surface area (TPSA) is 64.6 Å². The molecule has 0 aliphatic rings. The number of halogens is 7. The molecule has 1 unspecified atom stereocenters. The van der Waals surface area contributed by atoms with Crippen molar-refractivity contribution in [3.63, 3.8) is 0 Å². The summed E-state index contributed by atoms with van der Waals surface area (Å²) >= 11 is 0. The van der Waals surface area contributed by atoms with E-state index < -0.39 is 54.3 Å². The van der Waals surface area contributed by atoms with Crippen LogP contribution in [0.15, 0.2) is 0 Å². The van der Waals surface area contributed by atoms with Crippen molar-refractivity contribution >= 4 is 12.1 Å². The van der Waals surface area contributed by atoms with Crippen LogP contribution in [0, 0.1) is 0 Å². The second-order valence-corrected chi connectivity index (χ2v) is 6.67. The predicted octanol–water partition coefficient (Wildman–Crippen LogP) is 4.05. The normalized spacial score (nSPS) is 14.8. The summed E-state index contributed by atoms with van der Waals surface area (Å²) in [6.45, 7) is 6.69. The third kappa shape index (κ3) is 6.87. The molecule has 0 aliphatic carbocycles. The number of alkyl carbamates (subject to hydrolysis) is 1. The van der Waals surface area contributed by atoms with Gasteiger partial charge >= 0.3 is 30.1 Å². The van der Waals surface area contributed by atoms with Crippen LogP contribution in [0.2, 0.25) is 0 Å². The second kappa shape index (κ2) is 7.87. The average Bonchev–Trinajstić information content (AvgIpc) is 2.32. The number of esters is 1. The number of nitrogens with one attached hydrogen (secondary N) is 1. The van der Waals surface area contributed by atoms with Crippen LogP contribution in [0.1, 0.15) is 41.0 Å². The third-order valence-electron chi connectivity index (χ3n) is 2.60. The van der Waals surface area contributed by atoms with Gasteiger partial charge in [0.15, 0.2) is 0 Å². The first kappa shape index (κ1) is 24.2. The van der Waals surface area contributed by atoms with E-state index in [2.05, 4.69) is 9.47 Å². The molecule has 5 nitrogen and oxygen atoms in total. The van der Waals surface area contributed by atoms with Crippen molar-refractivity contribution in [1.82, 2.24) is 5.32 Å². The molecule has 0 fully saturated rings. The van der Waals surface area contributed by atoms with Crippen LogP contribution in [0.5, 0.6) is 0 Å². The molecule has 0 saturated carbocycles. The van der Waals surface area contributed by atoms with Crippen LogP contribution < -0.4 is 5.32 Å². The summed E-state index contributed by atoms with van der Waals surface area (Å²) in [7, 11) is 0. The molecule has 0 radical (unpaired) electrons. The molecular weight excluding hydrogens is 379 g/mol. The molecule has 12 heteroatoms. The maximum absolute atomic E-state index is 13.6. The fourth-order valence-corrected chi connectivity index (χ4v) is 1.55. The summed E-state index contributed by atoms with van der Waals surface area (Å²) in [5.74, 6) is -13.7. The summed E-state index contributed by atoms with van der Waals surface area (Å²) in [5, 5.41) is 1.54. The minimum Gasteiger partial charge on any atom is -0.461 e. The lowest BCUT2D eigenvalue weighted by Crippen LogP contribution is -2.56. The first-order valence-corrected chi connectivity index (χ1v) is 7.32. The zero-order chi connectivity index (χ0) is 21.1. The minimum absolute atomic E-state index is 0.901. The number of rotatable bonds is 6. The molecular formula is C14H20F7NO4. The van der Waals surface area contributed by atoms with Crippen molar-refractivity contribution in [2.45, 2.75) is 76.8 Å². The van der Waals surface area contributed by atoms with E-state index in [4.69, 9.17) is 0 Å². The maximum atomic E-state index is 13.6. The maximum Gasteiger partial charge on any atom is 0.459 e. The molecule has 0 bridgehead atoms. The van der Waals surface area contributed by atoms with Crippen LogP contribution >= 0.6 is 0 Å². The van der Waals surface area contributed by atoms with Crippen molar-refractivity contribution in [3.8, 4) is 0 Å². The highest BCUT2D eigenvalue weighted by atomic mass is 19.4. The Balaban J connectivity index is 5.54. The lowest BCUT2D eigenvalue weighted by molar-refractivity contribution is -0.356. The molecule has 0 saturated heterocycles. The van der Waals surface area contributed by atoms with Gasteiger partial charge in [0.25, 0.3) is 0 Å². The van der Waals surface area contributed by atoms with E-state index >= 15 is 0 Å². The van der Waals surface area contributed by atoms with E-state index in [-0.39, 0.29) is 0 Å². The fraction of sp³-hybridized carbons (Fsp3) is 0.857. The molecule has 0 aromatic rings. The largest absolute Gasteiger partial charge is 0.461 e. The van der Waals surface area contributed by atoms with Crippen molar-refractivity contribution < 1.29 is 49.8 Å². The average molecular weight is 399 g/mol. The number of amides is 1. The molecule has 26 heavy (non-hydrogen) atoms. The van der Waals surface area contributed by atoms with Crippen LogP contribution in [-0.2, 0) is 14.3 Å². The van der Waals surface area contributed by atoms with Gasteiger partial charge < -0.3 is 14.8 Å². The Kier molecular flexibility index (Phi) is 7.34. The van der Waals surface area contributed by atoms with Gasteiger partial charge in [-0.1, -0.05) is 0 Å². The van der Waals surface area contributed by atoms with E-state index in [1.54, 1.807) is 5.32 Å². The van der Waals surface area contributed by atoms with Gasteiger partial charge in [-0.05, 0) is 34.6 Å². The fourth-order valence-electron chi connectivity index (χ4n) is 1.55. The Bertz CT molecular complexity index is 512. The van der Waals surface area contributed by atoms with Crippen LogP contribution in [0.25, 0.3) is 0 Å². The predicted molar refractivity (Wildman–Crippen MR) is 75.0 cm³/mol. The lowest BCUT2D eigenvalue weighted by atomic mass is 10.0. The number of hydrogen-bond donors (Lipinski definition) is 1. The lowest BCUT2D eigenvalue weighted by Gasteiger charge is -2.31. The highest BCUT2D eigenvalue weighted by Gasteiger charge is 2.73. The van der Waals surface area contributed by atoms with Gasteiger partial charge in [-0.15, -0.1) is 0 Å². The molecule has 154 valence electrons.